The van der Waals surface area contributed by atoms with Crippen LogP contribution in [0.4, 0.5) is 0 Å². The van der Waals surface area contributed by atoms with E-state index in [0.29, 0.717) is -0.899 Å². The van der Waals surface area contributed by atoms with Crippen LogP contribution < -0.4 is 0 Å². The summed E-state index contributed by atoms with van der Waals surface area (Å²) >= 11 is -2.45. The Hall–Kier alpha value is 4.11. The molecule has 0 aliphatic carbocycles. The normalized spacial score (nSPS) is 6.86. The predicted octanol–water partition coefficient (Wildman–Crippen LogP) is 2.92. The Morgan fingerprint density at radius 2 is 1.14 bits per heavy atom. The summed E-state index contributed by atoms with van der Waals surface area (Å²) in [5.74, 6) is 0. The van der Waals surface area contributed by atoms with E-state index in [4.69, 9.17) is 24.7 Å². The molecule has 0 heterocycles. The Labute approximate surface area is 89.4 Å². The molecule has 0 saturated carbocycles. The Kier molecular flexibility index (Phi) is 13.0. The third kappa shape index (κ3) is 6.50. The molecule has 0 rings (SSSR count). The third-order valence-electron chi connectivity index (χ3n) is 0.507. The molecule has 0 N–H and O–H groups in total. The van der Waals surface area contributed by atoms with Crippen molar-refractivity contribution in [1.82, 2.24) is 0 Å². The van der Waals surface area contributed by atoms with Gasteiger partial charge in [0.05, 0.1) is 0 Å². The molecule has 0 nitrogen and oxygen atoms in total. The molecule has 0 aromatic carbocycles. The summed E-state index contributed by atoms with van der Waals surface area (Å²) in [7, 11) is 17.3. The van der Waals surface area contributed by atoms with E-state index in [1.165, 1.54) is 0 Å². The summed E-state index contributed by atoms with van der Waals surface area (Å²) in [6.45, 7) is 0. The van der Waals surface area contributed by atoms with E-state index in [9.17, 15) is 0 Å². The molecular formula is Cl3Hg3P. The van der Waals surface area contributed by atoms with Gasteiger partial charge < -0.3 is 0 Å². The van der Waals surface area contributed by atoms with Gasteiger partial charge in [0.25, 0.3) is 0 Å². The van der Waals surface area contributed by atoms with Gasteiger partial charge in [-0.25, -0.2) is 0 Å². The van der Waals surface area contributed by atoms with Gasteiger partial charge >= 0.3 is 92.1 Å². The Morgan fingerprint density at radius 3 is 1.14 bits per heavy atom. The quantitative estimate of drug-likeness (QED) is 0.309. The summed E-state index contributed by atoms with van der Waals surface area (Å²) in [6, 6.07) is 0. The van der Waals surface area contributed by atoms with Crippen molar-refractivity contribution >= 4 is 23.8 Å². The molecule has 0 aromatic heterocycles. The number of hydrogen-bond acceptors (Lipinski definition) is 0. The van der Waals surface area contributed by atoms with Crippen LogP contribution in [0.2, 0.25) is 0 Å². The first kappa shape index (κ1) is 11.1. The van der Waals surface area contributed by atoms with Crippen molar-refractivity contribution in [3.05, 3.63) is 0 Å². The predicted molar refractivity (Wildman–Crippen MR) is 24.5 cm³/mol. The van der Waals surface area contributed by atoms with Gasteiger partial charge in [-0.05, 0) is 0 Å². The maximum absolute atomic E-state index is 5.76. The molecule has 0 aliphatic rings. The van der Waals surface area contributed by atoms with Crippen LogP contribution in [0.3, 0.4) is 0 Å². The van der Waals surface area contributed by atoms with E-state index in [0.717, 1.165) is 0 Å². The molecule has 7 heteroatoms. The summed E-state index contributed by atoms with van der Waals surface area (Å²) in [4.78, 5) is 0. The second kappa shape index (κ2) is 8.20. The fourth-order valence-electron chi connectivity index (χ4n) is 0.0958. The van der Waals surface area contributed by atoms with Crippen LogP contribution in [0.5, 0.6) is 0 Å². The molecule has 0 spiro atoms. The van der Waals surface area contributed by atoms with E-state index in [1.54, 1.807) is 0 Å². The van der Waals surface area contributed by atoms with Crippen molar-refractivity contribution in [1.29, 1.82) is 0 Å². The zero-order valence-electron chi connectivity index (χ0n) is 3.70. The summed E-state index contributed by atoms with van der Waals surface area (Å²) in [5, 5.41) is 0. The van der Waals surface area contributed by atoms with Gasteiger partial charge in [0.1, 0.15) is 0 Å². The average Bonchev–Trinajstić information content (AvgIpc) is 1.72. The maximum atomic E-state index is 5.76. The minimum atomic E-state index is -0.817. The third-order valence-corrected chi connectivity index (χ3v) is 351. The van der Waals surface area contributed by atoms with Crippen LogP contribution in [-0.4, -0.2) is 0 Å². The average molecular weight is 739 g/mol. The number of halogens is 3. The fraction of sp³-hybridized carbons (Fsp3) is 0. The topological polar surface area (TPSA) is 0 Å². The first-order valence-corrected chi connectivity index (χ1v) is 46.1. The van der Waals surface area contributed by atoms with Gasteiger partial charge in [-0.3, -0.25) is 0 Å². The zero-order chi connectivity index (χ0) is 5.70. The van der Waals surface area contributed by atoms with Crippen molar-refractivity contribution < 1.29 is 68.2 Å². The van der Waals surface area contributed by atoms with Crippen LogP contribution in [0.1, 0.15) is 0 Å². The fourth-order valence-corrected chi connectivity index (χ4v) is 199. The van der Waals surface area contributed by atoms with E-state index >= 15 is 0 Å². The van der Waals surface area contributed by atoms with Crippen molar-refractivity contribution in [3.63, 3.8) is 0 Å². The first-order valence-electron chi connectivity index (χ1n) is 1.75. The molecule has 0 aromatic rings. The van der Waals surface area contributed by atoms with E-state index in [-0.39, 0.29) is 0 Å². The summed E-state index contributed by atoms with van der Waals surface area (Å²) in [6.07, 6.45) is 0. The van der Waals surface area contributed by atoms with Gasteiger partial charge in [-0.15, -0.1) is 0 Å². The molecule has 7 heavy (non-hydrogen) atoms. The van der Waals surface area contributed by atoms with Crippen molar-refractivity contribution in [2.24, 2.45) is 0 Å². The molecule has 0 fully saturated rings. The van der Waals surface area contributed by atoms with Gasteiger partial charge in [0.15, 0.2) is 0 Å². The van der Waals surface area contributed by atoms with Crippen LogP contribution in [0.15, 0.2) is 0 Å². The van der Waals surface area contributed by atoms with E-state index in [1.807, 2.05) is 0 Å². The standard InChI is InChI=1S/3ClH.3Hg.P/h3*1H;;;;/q;;;3*+1;/p-3. The van der Waals surface area contributed by atoms with Crippen molar-refractivity contribution in [2.75, 3.05) is 0 Å². The van der Waals surface area contributed by atoms with Crippen LogP contribution in [0.25, 0.3) is 0 Å². The number of rotatable bonds is 3. The van der Waals surface area contributed by atoms with Crippen molar-refractivity contribution in [3.8, 4) is 0 Å². The Balaban J connectivity index is 2.99. The zero-order valence-corrected chi connectivity index (χ0v) is 23.4. The van der Waals surface area contributed by atoms with E-state index in [2.05, 4.69) is 0 Å². The molecule has 0 radical (unpaired) electrons. The van der Waals surface area contributed by atoms with Crippen LogP contribution >= 0.6 is 23.8 Å². The van der Waals surface area contributed by atoms with Gasteiger partial charge in [0.2, 0.25) is 0 Å². The van der Waals surface area contributed by atoms with Gasteiger partial charge in [-0.2, -0.15) is 0 Å². The molecule has 0 unspecified atom stereocenters. The molecule has 32 valence electrons. The first-order chi connectivity index (χ1) is 3.35. The molecule has 0 bridgehead atoms. The van der Waals surface area contributed by atoms with Crippen LogP contribution in [0, 0.1) is 0 Å². The molecule has 0 amide bonds. The number of hydrogen-bond donors (Lipinski definition) is 0. The molecule has 0 aliphatic heterocycles. The van der Waals surface area contributed by atoms with Gasteiger partial charge in [0, 0.05) is 0 Å². The van der Waals surface area contributed by atoms with Crippen LogP contribution in [-0.2, 0) is 68.2 Å². The van der Waals surface area contributed by atoms with Crippen molar-refractivity contribution in [2.45, 2.75) is 0 Å². The second-order valence-corrected chi connectivity index (χ2v) is 183. The summed E-state index contributed by atoms with van der Waals surface area (Å²) in [5.41, 5.74) is 0. The summed E-state index contributed by atoms with van der Waals surface area (Å²) < 4.78 is 0.409. The SMILES string of the molecule is [Cl][Hg][P]([Hg][Cl])[Hg][Cl]. The van der Waals surface area contributed by atoms with E-state index < -0.39 is 68.2 Å². The molecule has 0 saturated heterocycles. The second-order valence-electron chi connectivity index (χ2n) is 1.03. The van der Waals surface area contributed by atoms with Gasteiger partial charge in [-0.1, -0.05) is 0 Å². The molecule has 0 atom stereocenters. The monoisotopic (exact) mass is 742 g/mol. The minimum absolute atomic E-state index is 0.409. The Bertz CT molecular complexity index is 31.7. The molecular weight excluding hydrogens is 739 g/mol. The Morgan fingerprint density at radius 1 is 0.857 bits per heavy atom.